The van der Waals surface area contributed by atoms with Gasteiger partial charge in [0, 0.05) is 15.7 Å². The number of anilines is 1. The smallest absolute Gasteiger partial charge is 0.279 e. The average molecular weight is 393 g/mol. The maximum atomic E-state index is 12.3. The van der Waals surface area contributed by atoms with Gasteiger partial charge in [-0.15, -0.1) is 5.10 Å². The normalized spacial score (nSPS) is 10.6. The van der Waals surface area contributed by atoms with Crippen molar-refractivity contribution in [1.29, 1.82) is 0 Å². The summed E-state index contributed by atoms with van der Waals surface area (Å²) in [6.45, 7) is 1.72. The van der Waals surface area contributed by atoms with E-state index >= 15 is 0 Å². The Morgan fingerprint density at radius 2 is 2.09 bits per heavy atom. The Hall–Kier alpha value is -2.25. The topological polar surface area (TPSA) is 72.7 Å². The molecule has 0 bridgehead atoms. The summed E-state index contributed by atoms with van der Waals surface area (Å²) in [4.78, 5) is 17.8. The third-order valence-corrected chi connectivity index (χ3v) is 3.71. The van der Waals surface area contributed by atoms with Crippen LogP contribution in [-0.2, 0) is 0 Å². The molecule has 1 N–H and O–H groups in total. The van der Waals surface area contributed by atoms with Crippen LogP contribution in [0.5, 0.6) is 0 Å². The van der Waals surface area contributed by atoms with Gasteiger partial charge in [-0.05, 0) is 53.2 Å². The zero-order chi connectivity index (χ0) is 16.4. The second-order valence-corrected chi connectivity index (χ2v) is 6.07. The molecule has 0 fully saturated rings. The van der Waals surface area contributed by atoms with Crippen LogP contribution in [0.1, 0.15) is 16.2 Å². The summed E-state index contributed by atoms with van der Waals surface area (Å²) in [6.07, 6.45) is 1.60. The first-order valence-electron chi connectivity index (χ1n) is 6.66. The first-order chi connectivity index (χ1) is 11.0. The van der Waals surface area contributed by atoms with Crippen LogP contribution in [0.2, 0.25) is 5.02 Å². The molecule has 0 saturated heterocycles. The number of aromatic nitrogens is 4. The minimum atomic E-state index is -0.370. The summed E-state index contributed by atoms with van der Waals surface area (Å²) in [7, 11) is 0. The maximum absolute atomic E-state index is 12.3. The third kappa shape index (κ3) is 3.57. The van der Waals surface area contributed by atoms with Crippen LogP contribution in [0.15, 0.2) is 47.1 Å². The van der Waals surface area contributed by atoms with Crippen LogP contribution in [-0.4, -0.2) is 25.9 Å². The third-order valence-electron chi connectivity index (χ3n) is 3.01. The zero-order valence-corrected chi connectivity index (χ0v) is 14.3. The molecule has 3 rings (SSSR count). The highest BCUT2D eigenvalue weighted by atomic mass is 79.9. The molecule has 0 unspecified atom stereocenters. The number of halogens is 2. The summed E-state index contributed by atoms with van der Waals surface area (Å²) >= 11 is 9.26. The highest BCUT2D eigenvalue weighted by molar-refractivity contribution is 9.10. The lowest BCUT2D eigenvalue weighted by Crippen LogP contribution is -2.15. The van der Waals surface area contributed by atoms with Gasteiger partial charge in [-0.2, -0.15) is 9.90 Å². The maximum Gasteiger partial charge on any atom is 0.279 e. The number of nitrogens with one attached hydrogen (secondary N) is 1. The summed E-state index contributed by atoms with van der Waals surface area (Å²) < 4.78 is 0.832. The predicted molar refractivity (Wildman–Crippen MR) is 91.0 cm³/mol. The van der Waals surface area contributed by atoms with E-state index < -0.39 is 0 Å². The van der Waals surface area contributed by atoms with Gasteiger partial charge >= 0.3 is 0 Å². The highest BCUT2D eigenvalue weighted by Gasteiger charge is 2.17. The van der Waals surface area contributed by atoms with E-state index in [4.69, 9.17) is 11.6 Å². The highest BCUT2D eigenvalue weighted by Crippen LogP contribution is 2.15. The molecule has 0 saturated carbocycles. The first-order valence-corrected chi connectivity index (χ1v) is 7.83. The molecule has 23 heavy (non-hydrogen) atoms. The van der Waals surface area contributed by atoms with Gasteiger partial charge in [-0.1, -0.05) is 17.7 Å². The molecule has 0 atom stereocenters. The Labute approximate surface area is 145 Å². The van der Waals surface area contributed by atoms with Crippen molar-refractivity contribution in [3.05, 3.63) is 63.5 Å². The Balaban J connectivity index is 1.85. The van der Waals surface area contributed by atoms with Gasteiger partial charge < -0.3 is 5.32 Å². The summed E-state index contributed by atoms with van der Waals surface area (Å²) in [5, 5.41) is 11.8. The first kappa shape index (κ1) is 15.6. The lowest BCUT2D eigenvalue weighted by molar-refractivity contribution is 0.102. The lowest BCUT2D eigenvalue weighted by Gasteiger charge is -2.02. The van der Waals surface area contributed by atoms with E-state index in [-0.39, 0.29) is 11.6 Å². The van der Waals surface area contributed by atoms with Crippen molar-refractivity contribution in [2.45, 2.75) is 6.92 Å². The van der Waals surface area contributed by atoms with Gasteiger partial charge in [0.15, 0.2) is 5.69 Å². The number of carbonyl (C=O) groups excluding carboxylic acids is 1. The Kier molecular flexibility index (Phi) is 4.40. The zero-order valence-electron chi connectivity index (χ0n) is 12.0. The van der Waals surface area contributed by atoms with Gasteiger partial charge in [-0.3, -0.25) is 4.79 Å². The molecule has 0 aliphatic heterocycles. The minimum absolute atomic E-state index is 0.231. The molecule has 2 heterocycles. The lowest BCUT2D eigenvalue weighted by atomic mass is 10.3. The predicted octanol–water partition coefficient (Wildman–Crippen LogP) is 3.64. The second kappa shape index (κ2) is 6.47. The number of benzene rings is 1. The van der Waals surface area contributed by atoms with Crippen molar-refractivity contribution in [3.63, 3.8) is 0 Å². The van der Waals surface area contributed by atoms with Gasteiger partial charge in [0.25, 0.3) is 5.91 Å². The van der Waals surface area contributed by atoms with E-state index in [1.54, 1.807) is 43.5 Å². The molecule has 0 aliphatic rings. The number of nitrogens with zero attached hydrogens (tertiary/aromatic N) is 4. The number of aryl methyl sites for hydroxylation is 1. The van der Waals surface area contributed by atoms with Crippen molar-refractivity contribution in [2.75, 3.05) is 5.32 Å². The molecule has 116 valence electrons. The molecule has 3 aromatic rings. The number of carbonyl (C=O) groups is 1. The van der Waals surface area contributed by atoms with Gasteiger partial charge in [-0.25, -0.2) is 4.98 Å². The van der Waals surface area contributed by atoms with Crippen LogP contribution in [0.4, 0.5) is 5.82 Å². The Bertz CT molecular complexity index is 863. The van der Waals surface area contributed by atoms with Crippen molar-refractivity contribution in [1.82, 2.24) is 20.0 Å². The largest absolute Gasteiger partial charge is 0.305 e. The van der Waals surface area contributed by atoms with E-state index in [1.165, 1.54) is 4.80 Å². The minimum Gasteiger partial charge on any atom is -0.305 e. The fraction of sp³-hybridized carbons (Fsp3) is 0.0667. The molecule has 0 radical (unpaired) electrons. The van der Waals surface area contributed by atoms with E-state index in [9.17, 15) is 4.79 Å². The number of amides is 1. The molecule has 0 spiro atoms. The quantitative estimate of drug-likeness (QED) is 0.738. The summed E-state index contributed by atoms with van der Waals surface area (Å²) in [5.41, 5.74) is 1.43. The number of hydrogen-bond donors (Lipinski definition) is 1. The summed E-state index contributed by atoms with van der Waals surface area (Å²) in [6, 6.07) is 10.6. The Morgan fingerprint density at radius 3 is 2.78 bits per heavy atom. The van der Waals surface area contributed by atoms with Crippen molar-refractivity contribution < 1.29 is 4.79 Å². The fourth-order valence-corrected chi connectivity index (χ4v) is 2.35. The van der Waals surface area contributed by atoms with Crippen molar-refractivity contribution >= 4 is 39.3 Å². The van der Waals surface area contributed by atoms with Crippen LogP contribution >= 0.6 is 27.5 Å². The van der Waals surface area contributed by atoms with E-state index in [1.807, 2.05) is 6.07 Å². The summed E-state index contributed by atoms with van der Waals surface area (Å²) in [5.74, 6) is 0.0699. The molecule has 2 aromatic heterocycles. The van der Waals surface area contributed by atoms with E-state index in [0.29, 0.717) is 22.2 Å². The average Bonchev–Trinajstić information content (AvgIpc) is 2.92. The number of rotatable bonds is 3. The van der Waals surface area contributed by atoms with Crippen molar-refractivity contribution in [3.8, 4) is 5.69 Å². The van der Waals surface area contributed by atoms with Gasteiger partial charge in [0.2, 0.25) is 0 Å². The molecule has 6 nitrogen and oxygen atoms in total. The van der Waals surface area contributed by atoms with Crippen LogP contribution in [0.3, 0.4) is 0 Å². The SMILES string of the molecule is Cc1nn(-c2cccc(Cl)c2)nc1C(=O)Nc1ccc(Br)cn1. The number of pyridine rings is 1. The van der Waals surface area contributed by atoms with E-state index in [2.05, 4.69) is 36.4 Å². The molecular formula is C15H11BrClN5O. The second-order valence-electron chi connectivity index (χ2n) is 4.72. The van der Waals surface area contributed by atoms with Crippen LogP contribution < -0.4 is 5.32 Å². The monoisotopic (exact) mass is 391 g/mol. The Morgan fingerprint density at radius 1 is 1.26 bits per heavy atom. The standard InChI is InChI=1S/C15H11BrClN5O/c1-9-14(15(23)19-13-6-5-10(16)8-18-13)21-22(20-9)12-4-2-3-11(17)7-12/h2-8H,1H3,(H,18,19,23). The molecule has 0 aliphatic carbocycles. The van der Waals surface area contributed by atoms with E-state index in [0.717, 1.165) is 4.47 Å². The fourth-order valence-electron chi connectivity index (χ4n) is 1.93. The van der Waals surface area contributed by atoms with Gasteiger partial charge in [0.05, 0.1) is 11.4 Å². The van der Waals surface area contributed by atoms with Gasteiger partial charge in [0.1, 0.15) is 5.82 Å². The number of hydrogen-bond acceptors (Lipinski definition) is 4. The molecule has 8 heteroatoms. The van der Waals surface area contributed by atoms with Crippen LogP contribution in [0, 0.1) is 6.92 Å². The molecular weight excluding hydrogens is 382 g/mol. The molecule has 1 amide bonds. The van der Waals surface area contributed by atoms with Crippen molar-refractivity contribution in [2.24, 2.45) is 0 Å². The molecule has 1 aromatic carbocycles. The van der Waals surface area contributed by atoms with Crippen LogP contribution in [0.25, 0.3) is 5.69 Å².